The van der Waals surface area contributed by atoms with Gasteiger partial charge in [0.15, 0.2) is 0 Å². The molecule has 1 aliphatic carbocycles. The summed E-state index contributed by atoms with van der Waals surface area (Å²) in [5, 5.41) is 13.7. The molecule has 0 aromatic heterocycles. The minimum absolute atomic E-state index is 0. The summed E-state index contributed by atoms with van der Waals surface area (Å²) >= 11 is 0. The van der Waals surface area contributed by atoms with E-state index in [1.165, 1.54) is 24.8 Å². The Morgan fingerprint density at radius 2 is 1.62 bits per heavy atom. The number of hydrogen-bond acceptors (Lipinski definition) is 4. The summed E-state index contributed by atoms with van der Waals surface area (Å²) in [6, 6.07) is 14.2. The van der Waals surface area contributed by atoms with Crippen LogP contribution in [0.1, 0.15) is 37.7 Å². The van der Waals surface area contributed by atoms with Crippen LogP contribution in [0, 0.1) is 5.82 Å². The van der Waals surface area contributed by atoms with Crippen molar-refractivity contribution in [3.63, 3.8) is 0 Å². The SMILES string of the molecule is COc1ccc(OCC(O)CNCC2(c3ccc(F)cc3)CCCCC2)cc1.Cl. The van der Waals surface area contributed by atoms with E-state index in [1.54, 1.807) is 19.2 Å². The number of hydrogen-bond donors (Lipinski definition) is 2. The van der Waals surface area contributed by atoms with Gasteiger partial charge in [0.2, 0.25) is 0 Å². The first kappa shape index (κ1) is 23.5. The van der Waals surface area contributed by atoms with Crippen LogP contribution in [0.3, 0.4) is 0 Å². The molecule has 0 aliphatic heterocycles. The Kier molecular flexibility index (Phi) is 9.21. The van der Waals surface area contributed by atoms with Crippen molar-refractivity contribution >= 4 is 12.4 Å². The van der Waals surface area contributed by atoms with Gasteiger partial charge in [0.05, 0.1) is 7.11 Å². The lowest BCUT2D eigenvalue weighted by molar-refractivity contribution is 0.103. The Labute approximate surface area is 178 Å². The van der Waals surface area contributed by atoms with Gasteiger partial charge in [0.1, 0.15) is 30.0 Å². The molecule has 0 saturated heterocycles. The molecule has 29 heavy (non-hydrogen) atoms. The van der Waals surface area contributed by atoms with Gasteiger partial charge in [-0.05, 0) is 54.8 Å². The highest BCUT2D eigenvalue weighted by atomic mass is 35.5. The third-order valence-corrected chi connectivity index (χ3v) is 5.61. The Morgan fingerprint density at radius 1 is 1.00 bits per heavy atom. The van der Waals surface area contributed by atoms with E-state index in [2.05, 4.69) is 5.32 Å². The molecule has 0 bridgehead atoms. The zero-order valence-electron chi connectivity index (χ0n) is 16.9. The molecule has 6 heteroatoms. The van der Waals surface area contributed by atoms with Crippen LogP contribution in [-0.4, -0.2) is 38.0 Å². The van der Waals surface area contributed by atoms with Crippen LogP contribution in [0.2, 0.25) is 0 Å². The van der Waals surface area contributed by atoms with Gasteiger partial charge in [0, 0.05) is 18.5 Å². The zero-order valence-corrected chi connectivity index (χ0v) is 17.7. The quantitative estimate of drug-likeness (QED) is 0.624. The van der Waals surface area contributed by atoms with Crippen molar-refractivity contribution in [1.29, 1.82) is 0 Å². The topological polar surface area (TPSA) is 50.7 Å². The Balaban J connectivity index is 0.00000300. The van der Waals surface area contributed by atoms with Crippen molar-refractivity contribution in [2.75, 3.05) is 26.8 Å². The van der Waals surface area contributed by atoms with Gasteiger partial charge >= 0.3 is 0 Å². The van der Waals surface area contributed by atoms with Gasteiger partial charge in [-0.3, -0.25) is 0 Å². The van der Waals surface area contributed by atoms with E-state index in [-0.39, 0.29) is 30.2 Å². The summed E-state index contributed by atoms with van der Waals surface area (Å²) in [5.41, 5.74) is 1.20. The third kappa shape index (κ3) is 6.59. The highest BCUT2D eigenvalue weighted by Gasteiger charge is 2.33. The van der Waals surface area contributed by atoms with Crippen molar-refractivity contribution in [3.05, 3.63) is 59.9 Å². The van der Waals surface area contributed by atoms with E-state index in [9.17, 15) is 9.50 Å². The first-order chi connectivity index (χ1) is 13.6. The number of nitrogens with one attached hydrogen (secondary N) is 1. The number of ether oxygens (including phenoxy) is 2. The first-order valence-corrected chi connectivity index (χ1v) is 10.0. The van der Waals surface area contributed by atoms with Gasteiger partial charge in [-0.2, -0.15) is 0 Å². The molecule has 1 fully saturated rings. The predicted octanol–water partition coefficient (Wildman–Crippen LogP) is 4.49. The normalized spacial score (nSPS) is 16.5. The van der Waals surface area contributed by atoms with Crippen molar-refractivity contribution in [3.8, 4) is 11.5 Å². The molecule has 2 aromatic carbocycles. The maximum Gasteiger partial charge on any atom is 0.123 e. The lowest BCUT2D eigenvalue weighted by atomic mass is 9.69. The number of aliphatic hydroxyl groups is 1. The first-order valence-electron chi connectivity index (χ1n) is 10.0. The molecule has 2 N–H and O–H groups in total. The minimum Gasteiger partial charge on any atom is -0.497 e. The lowest BCUT2D eigenvalue weighted by Crippen LogP contribution is -2.43. The van der Waals surface area contributed by atoms with Crippen LogP contribution < -0.4 is 14.8 Å². The fraction of sp³-hybridized carbons (Fsp3) is 0.478. The molecule has 2 aromatic rings. The van der Waals surface area contributed by atoms with Crippen molar-refractivity contribution in [2.45, 2.75) is 43.6 Å². The number of rotatable bonds is 9. The van der Waals surface area contributed by atoms with E-state index < -0.39 is 6.10 Å². The van der Waals surface area contributed by atoms with Crippen LogP contribution in [-0.2, 0) is 5.41 Å². The summed E-state index contributed by atoms with van der Waals surface area (Å²) in [6.45, 7) is 1.46. The number of methoxy groups -OCH3 is 1. The second kappa shape index (κ2) is 11.4. The fourth-order valence-corrected chi connectivity index (χ4v) is 4.00. The smallest absolute Gasteiger partial charge is 0.123 e. The van der Waals surface area contributed by atoms with Crippen molar-refractivity contribution in [2.24, 2.45) is 0 Å². The average Bonchev–Trinajstić information content (AvgIpc) is 2.74. The maximum atomic E-state index is 13.3. The third-order valence-electron chi connectivity index (χ3n) is 5.61. The molecular formula is C23H31ClFNO3. The second-order valence-electron chi connectivity index (χ2n) is 7.62. The molecule has 0 amide bonds. The van der Waals surface area contributed by atoms with E-state index in [4.69, 9.17) is 9.47 Å². The van der Waals surface area contributed by atoms with Gasteiger partial charge < -0.3 is 19.9 Å². The van der Waals surface area contributed by atoms with Crippen LogP contribution >= 0.6 is 12.4 Å². The van der Waals surface area contributed by atoms with Crippen LogP contribution in [0.5, 0.6) is 11.5 Å². The Bertz CT molecular complexity index is 718. The van der Waals surface area contributed by atoms with Crippen LogP contribution in [0.4, 0.5) is 4.39 Å². The summed E-state index contributed by atoms with van der Waals surface area (Å²) in [5.74, 6) is 1.27. The number of aliphatic hydroxyl groups excluding tert-OH is 1. The highest BCUT2D eigenvalue weighted by molar-refractivity contribution is 5.85. The van der Waals surface area contributed by atoms with Crippen LogP contribution in [0.15, 0.2) is 48.5 Å². The Hall–Kier alpha value is -1.82. The maximum absolute atomic E-state index is 13.3. The second-order valence-corrected chi connectivity index (χ2v) is 7.62. The largest absolute Gasteiger partial charge is 0.497 e. The molecule has 1 aliphatic rings. The van der Waals surface area contributed by atoms with Crippen LogP contribution in [0.25, 0.3) is 0 Å². The predicted molar refractivity (Wildman–Crippen MR) is 116 cm³/mol. The molecule has 1 atom stereocenters. The number of halogens is 2. The molecule has 0 spiro atoms. The summed E-state index contributed by atoms with van der Waals surface area (Å²) in [4.78, 5) is 0. The monoisotopic (exact) mass is 423 g/mol. The van der Waals surface area contributed by atoms with Crippen molar-refractivity contribution in [1.82, 2.24) is 5.32 Å². The van der Waals surface area contributed by atoms with E-state index >= 15 is 0 Å². The van der Waals surface area contributed by atoms with Gasteiger partial charge in [-0.15, -0.1) is 12.4 Å². The standard InChI is InChI=1S/C23H30FNO3.ClH/c1-27-21-9-11-22(12-10-21)28-16-20(26)15-25-17-23(13-3-2-4-14-23)18-5-7-19(24)8-6-18;/h5-12,20,25-26H,2-4,13-17H2,1H3;1H. The lowest BCUT2D eigenvalue weighted by Gasteiger charge is -2.38. The molecule has 4 nitrogen and oxygen atoms in total. The molecule has 1 unspecified atom stereocenters. The summed E-state index contributed by atoms with van der Waals surface area (Å²) in [6.07, 6.45) is 5.19. The van der Waals surface area contributed by atoms with Gasteiger partial charge in [0.25, 0.3) is 0 Å². The zero-order chi connectivity index (χ0) is 19.8. The van der Waals surface area contributed by atoms with E-state index in [1.807, 2.05) is 36.4 Å². The summed E-state index contributed by atoms with van der Waals surface area (Å²) in [7, 11) is 1.62. The molecule has 3 rings (SSSR count). The highest BCUT2D eigenvalue weighted by Crippen LogP contribution is 2.39. The van der Waals surface area contributed by atoms with Gasteiger partial charge in [-0.1, -0.05) is 31.4 Å². The minimum atomic E-state index is -0.601. The summed E-state index contributed by atoms with van der Waals surface area (Å²) < 4.78 is 24.1. The average molecular weight is 424 g/mol. The van der Waals surface area contributed by atoms with Crippen molar-refractivity contribution < 1.29 is 19.0 Å². The molecule has 160 valence electrons. The van der Waals surface area contributed by atoms with E-state index in [0.717, 1.165) is 25.1 Å². The van der Waals surface area contributed by atoms with E-state index in [0.29, 0.717) is 12.3 Å². The Morgan fingerprint density at radius 3 is 2.24 bits per heavy atom. The number of benzene rings is 2. The molecule has 1 saturated carbocycles. The fourth-order valence-electron chi connectivity index (χ4n) is 4.00. The molecule has 0 radical (unpaired) electrons. The van der Waals surface area contributed by atoms with Gasteiger partial charge in [-0.25, -0.2) is 4.39 Å². The molecule has 0 heterocycles. The molecular weight excluding hydrogens is 393 g/mol.